The molecule has 8 heteroatoms. The number of anilines is 3. The summed E-state index contributed by atoms with van der Waals surface area (Å²) >= 11 is 6.12. The SMILES string of the molecule is CC(=O)N(c1ccc(Cl)cc1)[C@@H]1C[C@H](C)N(C(=O)c2ccc(N(C)C)cc2)c2cc(OC(=O)C(C)(C)C)ccc21. The van der Waals surface area contributed by atoms with Crippen LogP contribution in [0.4, 0.5) is 17.1 Å². The quantitative estimate of drug-likeness (QED) is 0.250. The fourth-order valence-corrected chi connectivity index (χ4v) is 5.03. The number of hydrogen-bond donors (Lipinski definition) is 0. The molecule has 0 N–H and O–H groups in total. The second kappa shape index (κ2) is 11.3. The summed E-state index contributed by atoms with van der Waals surface area (Å²) in [4.78, 5) is 45.1. The Labute approximate surface area is 241 Å². The van der Waals surface area contributed by atoms with Crippen molar-refractivity contribution < 1.29 is 19.1 Å². The Balaban J connectivity index is 1.82. The number of ether oxygens (including phenoxy) is 1. The van der Waals surface area contributed by atoms with Crippen molar-refractivity contribution in [1.82, 2.24) is 0 Å². The van der Waals surface area contributed by atoms with Crippen LogP contribution in [0.3, 0.4) is 0 Å². The first-order chi connectivity index (χ1) is 18.8. The second-order valence-corrected chi connectivity index (χ2v) is 11.9. The number of carbonyl (C=O) groups excluding carboxylic acids is 3. The maximum atomic E-state index is 14.0. The average Bonchev–Trinajstić information content (AvgIpc) is 2.89. The van der Waals surface area contributed by atoms with Crippen LogP contribution in [0.1, 0.15) is 63.0 Å². The number of hydrogen-bond acceptors (Lipinski definition) is 5. The van der Waals surface area contributed by atoms with Crippen molar-refractivity contribution in [3.63, 3.8) is 0 Å². The molecule has 3 aromatic carbocycles. The van der Waals surface area contributed by atoms with Gasteiger partial charge in [0.15, 0.2) is 0 Å². The van der Waals surface area contributed by atoms with Gasteiger partial charge in [-0.15, -0.1) is 0 Å². The van der Waals surface area contributed by atoms with Crippen LogP contribution >= 0.6 is 11.6 Å². The minimum absolute atomic E-state index is 0.132. The molecule has 0 spiro atoms. The summed E-state index contributed by atoms with van der Waals surface area (Å²) in [7, 11) is 3.89. The van der Waals surface area contributed by atoms with Gasteiger partial charge in [-0.1, -0.05) is 17.7 Å². The first-order valence-corrected chi connectivity index (χ1v) is 13.7. The van der Waals surface area contributed by atoms with Crippen LogP contribution in [0, 0.1) is 5.41 Å². The molecule has 0 radical (unpaired) electrons. The third kappa shape index (κ3) is 5.99. The zero-order valence-electron chi connectivity index (χ0n) is 24.1. The molecule has 4 rings (SSSR count). The molecular weight excluding hydrogens is 526 g/mol. The number of amides is 2. The molecule has 2 amide bonds. The van der Waals surface area contributed by atoms with Crippen molar-refractivity contribution in [3.05, 3.63) is 82.9 Å². The van der Waals surface area contributed by atoms with Crippen LogP contribution in [0.5, 0.6) is 5.75 Å². The molecule has 0 bridgehead atoms. The normalized spacial score (nSPS) is 16.6. The molecule has 0 saturated heterocycles. The molecule has 7 nitrogen and oxygen atoms in total. The summed E-state index contributed by atoms with van der Waals surface area (Å²) in [5, 5.41) is 0.576. The number of nitrogens with zero attached hydrogens (tertiary/aromatic N) is 3. The number of benzene rings is 3. The van der Waals surface area contributed by atoms with Crippen molar-refractivity contribution in [2.45, 2.75) is 53.1 Å². The third-order valence-electron chi connectivity index (χ3n) is 7.05. The molecule has 1 aliphatic heterocycles. The van der Waals surface area contributed by atoms with E-state index in [0.717, 1.165) is 11.3 Å². The smallest absolute Gasteiger partial charge is 0.316 e. The molecule has 0 saturated carbocycles. The van der Waals surface area contributed by atoms with Crippen molar-refractivity contribution in [2.75, 3.05) is 28.8 Å². The highest BCUT2D eigenvalue weighted by atomic mass is 35.5. The summed E-state index contributed by atoms with van der Waals surface area (Å²) in [6, 6.07) is 19.3. The topological polar surface area (TPSA) is 70.2 Å². The lowest BCUT2D eigenvalue weighted by Crippen LogP contribution is -2.47. The van der Waals surface area contributed by atoms with Gasteiger partial charge in [0, 0.05) is 55.1 Å². The van der Waals surface area contributed by atoms with Crippen LogP contribution in [0.25, 0.3) is 0 Å². The summed E-state index contributed by atoms with van der Waals surface area (Å²) < 4.78 is 5.72. The van der Waals surface area contributed by atoms with Gasteiger partial charge in [0.05, 0.1) is 17.1 Å². The van der Waals surface area contributed by atoms with Gasteiger partial charge in [-0.05, 0) is 94.3 Å². The van der Waals surface area contributed by atoms with Crippen molar-refractivity contribution in [3.8, 4) is 5.75 Å². The number of fused-ring (bicyclic) bond motifs is 1. The number of esters is 1. The molecule has 3 aromatic rings. The van der Waals surface area contributed by atoms with E-state index in [9.17, 15) is 14.4 Å². The fraction of sp³-hybridized carbons (Fsp3) is 0.344. The molecule has 1 heterocycles. The summed E-state index contributed by atoms with van der Waals surface area (Å²) in [5.41, 5.74) is 2.93. The van der Waals surface area contributed by atoms with E-state index in [1.54, 1.807) is 54.8 Å². The first kappa shape index (κ1) is 29.2. The minimum Gasteiger partial charge on any atom is -0.426 e. The monoisotopic (exact) mass is 561 g/mol. The predicted octanol–water partition coefficient (Wildman–Crippen LogP) is 6.89. The molecule has 0 fully saturated rings. The number of halogens is 1. The maximum absolute atomic E-state index is 14.0. The molecule has 1 aliphatic rings. The average molecular weight is 562 g/mol. The van der Waals surface area contributed by atoms with Gasteiger partial charge < -0.3 is 19.4 Å². The van der Waals surface area contributed by atoms with Gasteiger partial charge in [-0.25, -0.2) is 0 Å². The third-order valence-corrected chi connectivity index (χ3v) is 7.31. The molecule has 210 valence electrons. The Morgan fingerprint density at radius 2 is 1.52 bits per heavy atom. The van der Waals surface area contributed by atoms with Crippen LogP contribution in [0.2, 0.25) is 5.02 Å². The summed E-state index contributed by atoms with van der Waals surface area (Å²) in [6.07, 6.45) is 0.512. The van der Waals surface area contributed by atoms with Gasteiger partial charge in [0.1, 0.15) is 5.75 Å². The van der Waals surface area contributed by atoms with E-state index in [1.165, 1.54) is 6.92 Å². The predicted molar refractivity (Wildman–Crippen MR) is 161 cm³/mol. The lowest BCUT2D eigenvalue weighted by Gasteiger charge is -2.43. The molecular formula is C32H36ClN3O4. The van der Waals surface area contributed by atoms with Crippen LogP contribution in [-0.4, -0.2) is 37.9 Å². The number of carbonyl (C=O) groups is 3. The molecule has 40 heavy (non-hydrogen) atoms. The maximum Gasteiger partial charge on any atom is 0.316 e. The molecule has 0 aromatic heterocycles. The van der Waals surface area contributed by atoms with Crippen LogP contribution < -0.4 is 19.4 Å². The molecule has 0 unspecified atom stereocenters. The van der Waals surface area contributed by atoms with Gasteiger partial charge >= 0.3 is 5.97 Å². The second-order valence-electron chi connectivity index (χ2n) is 11.4. The zero-order valence-corrected chi connectivity index (χ0v) is 24.8. The highest BCUT2D eigenvalue weighted by Crippen LogP contribution is 2.44. The zero-order chi connectivity index (χ0) is 29.4. The summed E-state index contributed by atoms with van der Waals surface area (Å²) in [6.45, 7) is 8.86. The molecule has 2 atom stereocenters. The van der Waals surface area contributed by atoms with E-state index in [1.807, 2.05) is 68.4 Å². The highest BCUT2D eigenvalue weighted by molar-refractivity contribution is 6.30. The van der Waals surface area contributed by atoms with Crippen LogP contribution in [0.15, 0.2) is 66.7 Å². The Bertz CT molecular complexity index is 1410. The van der Waals surface area contributed by atoms with E-state index >= 15 is 0 Å². The Morgan fingerprint density at radius 1 is 0.925 bits per heavy atom. The largest absolute Gasteiger partial charge is 0.426 e. The fourth-order valence-electron chi connectivity index (χ4n) is 4.91. The van der Waals surface area contributed by atoms with Crippen molar-refractivity contribution in [2.24, 2.45) is 5.41 Å². The first-order valence-electron chi connectivity index (χ1n) is 13.3. The van der Waals surface area contributed by atoms with Gasteiger partial charge in [-0.2, -0.15) is 0 Å². The van der Waals surface area contributed by atoms with E-state index in [4.69, 9.17) is 16.3 Å². The van der Waals surface area contributed by atoms with Gasteiger partial charge in [-0.3, -0.25) is 14.4 Å². The minimum atomic E-state index is -0.699. The Hall–Kier alpha value is -3.84. The Kier molecular flexibility index (Phi) is 8.26. The highest BCUT2D eigenvalue weighted by Gasteiger charge is 2.39. The van der Waals surface area contributed by atoms with Crippen molar-refractivity contribution in [1.29, 1.82) is 0 Å². The van der Waals surface area contributed by atoms with E-state index in [-0.39, 0.29) is 29.9 Å². The molecule has 0 aliphatic carbocycles. The van der Waals surface area contributed by atoms with Gasteiger partial charge in [0.25, 0.3) is 5.91 Å². The Morgan fingerprint density at radius 3 is 2.08 bits per heavy atom. The van der Waals surface area contributed by atoms with E-state index in [0.29, 0.717) is 34.1 Å². The van der Waals surface area contributed by atoms with Gasteiger partial charge in [0.2, 0.25) is 5.91 Å². The summed E-state index contributed by atoms with van der Waals surface area (Å²) in [5.74, 6) is -0.338. The van der Waals surface area contributed by atoms with E-state index in [2.05, 4.69) is 0 Å². The van der Waals surface area contributed by atoms with E-state index < -0.39 is 5.41 Å². The lowest BCUT2D eigenvalue weighted by molar-refractivity contribution is -0.143. The number of rotatable bonds is 5. The van der Waals surface area contributed by atoms with Crippen LogP contribution in [-0.2, 0) is 9.59 Å². The van der Waals surface area contributed by atoms with Crippen molar-refractivity contribution >= 4 is 46.4 Å². The lowest BCUT2D eigenvalue weighted by atomic mass is 9.89. The standard InChI is InChI=1S/C32H36ClN3O4/c1-20-18-28(36(21(2)37)25-14-10-23(33)11-15-25)27-17-16-26(40-31(39)32(3,4)5)19-29(27)35(20)30(38)22-8-12-24(13-9-22)34(6)7/h8-17,19-20,28H,18H2,1-7H3/t20-,28+/m0/s1.